The van der Waals surface area contributed by atoms with E-state index in [1.54, 1.807) is 14.2 Å². The summed E-state index contributed by atoms with van der Waals surface area (Å²) in [7, 11) is 3.44. The third-order valence-corrected chi connectivity index (χ3v) is 6.06. The van der Waals surface area contributed by atoms with E-state index >= 15 is 0 Å². The summed E-state index contributed by atoms with van der Waals surface area (Å²) in [6.07, 6.45) is 0.0652. The number of benzene rings is 1. The third kappa shape index (κ3) is 2.53. The van der Waals surface area contributed by atoms with Crippen LogP contribution in [-0.4, -0.2) is 52.2 Å². The zero-order valence-corrected chi connectivity index (χ0v) is 15.5. The van der Waals surface area contributed by atoms with Gasteiger partial charge in [0.25, 0.3) is 0 Å². The number of ether oxygens (including phenoxy) is 4. The Balaban J connectivity index is 1.74. The highest BCUT2D eigenvalue weighted by molar-refractivity contribution is 6.03. The molecule has 1 aromatic carbocycles. The molecule has 4 rings (SSSR count). The highest BCUT2D eigenvalue weighted by Gasteiger charge is 2.67. The highest BCUT2D eigenvalue weighted by atomic mass is 16.5. The third-order valence-electron chi connectivity index (χ3n) is 6.06. The van der Waals surface area contributed by atoms with Gasteiger partial charge in [-0.2, -0.15) is 0 Å². The molecule has 5 heteroatoms. The summed E-state index contributed by atoms with van der Waals surface area (Å²) in [5.41, 5.74) is 2.98. The van der Waals surface area contributed by atoms with E-state index in [4.69, 9.17) is 18.9 Å². The first-order valence-corrected chi connectivity index (χ1v) is 9.32. The summed E-state index contributed by atoms with van der Waals surface area (Å²) in [5, 5.41) is 0. The van der Waals surface area contributed by atoms with Crippen molar-refractivity contribution < 1.29 is 23.7 Å². The Hall–Kier alpha value is -1.69. The number of methoxy groups -OCH3 is 2. The number of carbonyl (C=O) groups is 1. The van der Waals surface area contributed by atoms with Gasteiger partial charge in [0.05, 0.1) is 32.0 Å². The van der Waals surface area contributed by atoms with Crippen LogP contribution >= 0.6 is 0 Å². The minimum atomic E-state index is -0.205. The van der Waals surface area contributed by atoms with Crippen molar-refractivity contribution in [3.05, 3.63) is 41.5 Å². The average molecular weight is 358 g/mol. The van der Waals surface area contributed by atoms with Crippen LogP contribution in [0.15, 0.2) is 35.9 Å². The molecule has 0 N–H and O–H groups in total. The number of fused-ring (bicyclic) bond motifs is 5. The van der Waals surface area contributed by atoms with E-state index in [0.717, 1.165) is 16.7 Å². The van der Waals surface area contributed by atoms with Crippen molar-refractivity contribution in [2.45, 2.75) is 19.1 Å². The molecule has 2 saturated heterocycles. The normalized spacial score (nSPS) is 34.6. The lowest BCUT2D eigenvalue weighted by Gasteiger charge is -2.46. The van der Waals surface area contributed by atoms with Crippen molar-refractivity contribution in [2.75, 3.05) is 34.0 Å². The van der Waals surface area contributed by atoms with Gasteiger partial charge in [0.2, 0.25) is 0 Å². The molecule has 0 aromatic heterocycles. The summed E-state index contributed by atoms with van der Waals surface area (Å²) in [4.78, 5) is 12.7. The lowest BCUT2D eigenvalue weighted by atomic mass is 9.55. The molecule has 3 aliphatic rings. The van der Waals surface area contributed by atoms with E-state index in [2.05, 4.69) is 12.1 Å². The quantitative estimate of drug-likeness (QED) is 0.701. The predicted octanol–water partition coefficient (Wildman–Crippen LogP) is 2.56. The molecule has 26 heavy (non-hydrogen) atoms. The lowest BCUT2D eigenvalue weighted by molar-refractivity contribution is -0.140. The Kier molecular flexibility index (Phi) is 4.86. The first kappa shape index (κ1) is 17.7. The monoisotopic (exact) mass is 358 g/mol. The molecule has 0 saturated carbocycles. The van der Waals surface area contributed by atoms with Crippen molar-refractivity contribution in [2.24, 2.45) is 23.7 Å². The van der Waals surface area contributed by atoms with Crippen LogP contribution in [0.4, 0.5) is 0 Å². The van der Waals surface area contributed by atoms with Gasteiger partial charge in [-0.25, -0.2) is 4.79 Å². The maximum absolute atomic E-state index is 12.7. The molecule has 1 aromatic rings. The van der Waals surface area contributed by atoms with Gasteiger partial charge in [-0.15, -0.1) is 0 Å². The summed E-state index contributed by atoms with van der Waals surface area (Å²) in [6.45, 7) is 3.49. The van der Waals surface area contributed by atoms with Gasteiger partial charge < -0.3 is 18.9 Å². The van der Waals surface area contributed by atoms with Crippen molar-refractivity contribution in [1.29, 1.82) is 0 Å². The standard InChI is InChI=1S/C21H26O5/c1-4-25-21(22)18-15(12-8-6-5-7-9-12)16-17(18)20-14(11-24-3)13(10-23-2)19(16)26-20/h5-9,13-14,16-17,19-20H,4,10-11H2,1-3H3/t13-,14+,16+,17+,19-,20+/m0/s1. The Labute approximate surface area is 154 Å². The van der Waals surface area contributed by atoms with Crippen LogP contribution in [0.2, 0.25) is 0 Å². The minimum absolute atomic E-state index is 0.00281. The van der Waals surface area contributed by atoms with Crippen molar-refractivity contribution in [3.8, 4) is 0 Å². The fraction of sp³-hybridized carbons (Fsp3) is 0.571. The van der Waals surface area contributed by atoms with Gasteiger partial charge in [-0.1, -0.05) is 30.3 Å². The van der Waals surface area contributed by atoms with E-state index in [9.17, 15) is 4.79 Å². The molecule has 140 valence electrons. The Bertz CT molecular complexity index is 698. The molecule has 2 heterocycles. The molecule has 2 bridgehead atoms. The fourth-order valence-electron chi connectivity index (χ4n) is 5.17. The van der Waals surface area contributed by atoms with Gasteiger partial charge in [0.1, 0.15) is 0 Å². The summed E-state index contributed by atoms with van der Waals surface area (Å²) in [6, 6.07) is 10.1. The molecule has 2 fully saturated rings. The van der Waals surface area contributed by atoms with Gasteiger partial charge >= 0.3 is 5.97 Å². The Morgan fingerprint density at radius 1 is 1.00 bits per heavy atom. The summed E-state index contributed by atoms with van der Waals surface area (Å²) < 4.78 is 22.7. The van der Waals surface area contributed by atoms with Gasteiger partial charge in [-0.05, 0) is 18.1 Å². The molecular formula is C21H26O5. The van der Waals surface area contributed by atoms with Gasteiger partial charge in [-0.3, -0.25) is 0 Å². The summed E-state index contributed by atoms with van der Waals surface area (Å²) in [5.74, 6) is 0.655. The molecule has 0 amide bonds. The largest absolute Gasteiger partial charge is 0.463 e. The fourth-order valence-corrected chi connectivity index (χ4v) is 5.17. The molecule has 0 radical (unpaired) electrons. The van der Waals surface area contributed by atoms with Crippen LogP contribution in [0.5, 0.6) is 0 Å². The predicted molar refractivity (Wildman–Crippen MR) is 96.4 cm³/mol. The van der Waals surface area contributed by atoms with Crippen molar-refractivity contribution >= 4 is 11.5 Å². The maximum Gasteiger partial charge on any atom is 0.334 e. The second-order valence-electron chi connectivity index (χ2n) is 7.27. The first-order valence-electron chi connectivity index (χ1n) is 9.32. The zero-order valence-electron chi connectivity index (χ0n) is 15.5. The molecule has 0 spiro atoms. The minimum Gasteiger partial charge on any atom is -0.463 e. The van der Waals surface area contributed by atoms with Crippen LogP contribution in [0.3, 0.4) is 0 Å². The number of esters is 1. The van der Waals surface area contributed by atoms with E-state index in [-0.39, 0.29) is 41.8 Å². The van der Waals surface area contributed by atoms with Crippen molar-refractivity contribution in [3.63, 3.8) is 0 Å². The van der Waals surface area contributed by atoms with Crippen LogP contribution in [-0.2, 0) is 23.7 Å². The first-order chi connectivity index (χ1) is 12.7. The van der Waals surface area contributed by atoms with Crippen LogP contribution in [0.1, 0.15) is 12.5 Å². The zero-order chi connectivity index (χ0) is 18.3. The highest BCUT2D eigenvalue weighted by Crippen LogP contribution is 2.63. The number of hydrogen-bond acceptors (Lipinski definition) is 5. The van der Waals surface area contributed by atoms with E-state index in [1.807, 2.05) is 25.1 Å². The van der Waals surface area contributed by atoms with Crippen LogP contribution in [0.25, 0.3) is 5.57 Å². The molecule has 0 unspecified atom stereocenters. The summed E-state index contributed by atoms with van der Waals surface area (Å²) >= 11 is 0. The average Bonchev–Trinajstić information content (AvgIpc) is 3.10. The number of rotatable bonds is 7. The Morgan fingerprint density at radius 2 is 1.62 bits per heavy atom. The van der Waals surface area contributed by atoms with Crippen LogP contribution < -0.4 is 0 Å². The molecule has 1 aliphatic carbocycles. The number of hydrogen-bond donors (Lipinski definition) is 0. The molecule has 6 atom stereocenters. The smallest absolute Gasteiger partial charge is 0.334 e. The van der Waals surface area contributed by atoms with Gasteiger partial charge in [0.15, 0.2) is 0 Å². The SMILES string of the molecule is CCOC(=O)C1=C(c2ccccc2)[C@H]2[C@H]3O[C@H]([C@H](COC)[C@@H]3COC)[C@@H]12. The molecule has 2 aliphatic heterocycles. The molecule has 5 nitrogen and oxygen atoms in total. The Morgan fingerprint density at radius 3 is 2.19 bits per heavy atom. The topological polar surface area (TPSA) is 54.0 Å². The van der Waals surface area contributed by atoms with E-state index in [0.29, 0.717) is 19.8 Å². The van der Waals surface area contributed by atoms with Crippen LogP contribution in [0, 0.1) is 23.7 Å². The van der Waals surface area contributed by atoms with Crippen molar-refractivity contribution in [1.82, 2.24) is 0 Å². The molecular weight excluding hydrogens is 332 g/mol. The second-order valence-corrected chi connectivity index (χ2v) is 7.27. The van der Waals surface area contributed by atoms with E-state index in [1.165, 1.54) is 0 Å². The number of carbonyl (C=O) groups excluding carboxylic acids is 1. The van der Waals surface area contributed by atoms with E-state index < -0.39 is 0 Å². The second kappa shape index (κ2) is 7.14. The maximum atomic E-state index is 12.7. The lowest BCUT2D eigenvalue weighted by Crippen LogP contribution is -2.50. The van der Waals surface area contributed by atoms with Gasteiger partial charge in [0, 0.05) is 43.5 Å².